The first kappa shape index (κ1) is 17.6. The molecule has 0 saturated carbocycles. The number of aromatic nitrogens is 1. The van der Waals surface area contributed by atoms with Crippen LogP contribution < -0.4 is 20.1 Å². The summed E-state index contributed by atoms with van der Waals surface area (Å²) >= 11 is 0. The van der Waals surface area contributed by atoms with E-state index >= 15 is 0 Å². The van der Waals surface area contributed by atoms with E-state index in [9.17, 15) is 4.79 Å². The third-order valence-electron chi connectivity index (χ3n) is 3.36. The van der Waals surface area contributed by atoms with Crippen LogP contribution in [0.1, 0.15) is 29.9 Å². The van der Waals surface area contributed by atoms with Crippen molar-refractivity contribution in [2.45, 2.75) is 26.4 Å². The van der Waals surface area contributed by atoms with Gasteiger partial charge in [0.1, 0.15) is 5.69 Å². The van der Waals surface area contributed by atoms with Crippen LogP contribution in [-0.4, -0.2) is 31.2 Å². The second-order valence-electron chi connectivity index (χ2n) is 5.60. The van der Waals surface area contributed by atoms with Gasteiger partial charge in [-0.1, -0.05) is 6.07 Å². The van der Waals surface area contributed by atoms with Gasteiger partial charge in [0.15, 0.2) is 11.5 Å². The molecule has 0 bridgehead atoms. The van der Waals surface area contributed by atoms with Gasteiger partial charge in [-0.15, -0.1) is 0 Å². The highest BCUT2D eigenvalue weighted by molar-refractivity contribution is 5.92. The second kappa shape index (κ2) is 8.19. The molecule has 24 heavy (non-hydrogen) atoms. The van der Waals surface area contributed by atoms with Gasteiger partial charge in [0.05, 0.1) is 26.1 Å². The van der Waals surface area contributed by atoms with E-state index in [2.05, 4.69) is 15.6 Å². The van der Waals surface area contributed by atoms with Gasteiger partial charge < -0.3 is 20.1 Å². The Morgan fingerprint density at radius 1 is 1.12 bits per heavy atom. The fraction of sp³-hybridized carbons (Fsp3) is 0.333. The molecule has 6 heteroatoms. The fourth-order valence-corrected chi connectivity index (χ4v) is 2.16. The van der Waals surface area contributed by atoms with Crippen molar-refractivity contribution < 1.29 is 14.3 Å². The van der Waals surface area contributed by atoms with Crippen molar-refractivity contribution in [3.8, 4) is 11.5 Å². The van der Waals surface area contributed by atoms with Gasteiger partial charge in [-0.3, -0.25) is 4.79 Å². The van der Waals surface area contributed by atoms with E-state index in [1.807, 2.05) is 38.1 Å². The quantitative estimate of drug-likeness (QED) is 0.817. The molecule has 0 saturated heterocycles. The molecule has 6 nitrogen and oxygen atoms in total. The number of nitrogens with zero attached hydrogens (tertiary/aromatic N) is 1. The Labute approximate surface area is 142 Å². The smallest absolute Gasteiger partial charge is 0.270 e. The minimum atomic E-state index is -0.170. The number of pyridine rings is 1. The predicted molar refractivity (Wildman–Crippen MR) is 93.7 cm³/mol. The third kappa shape index (κ3) is 4.62. The summed E-state index contributed by atoms with van der Waals surface area (Å²) in [6, 6.07) is 9.38. The zero-order valence-corrected chi connectivity index (χ0v) is 14.4. The van der Waals surface area contributed by atoms with Crippen molar-refractivity contribution in [3.05, 3.63) is 47.8 Å². The van der Waals surface area contributed by atoms with Crippen molar-refractivity contribution in [2.75, 3.05) is 19.5 Å². The Morgan fingerprint density at radius 3 is 2.46 bits per heavy atom. The van der Waals surface area contributed by atoms with Gasteiger partial charge in [-0.25, -0.2) is 4.98 Å². The molecule has 2 aromatic rings. The van der Waals surface area contributed by atoms with Crippen LogP contribution in [0, 0.1) is 0 Å². The second-order valence-corrected chi connectivity index (χ2v) is 5.60. The first-order valence-electron chi connectivity index (χ1n) is 7.75. The number of nitrogens with one attached hydrogen (secondary N) is 2. The molecule has 0 atom stereocenters. The largest absolute Gasteiger partial charge is 0.493 e. The SMILES string of the molecule is COc1ccc(CNc2ccc(C(=O)NC(C)C)nc2)cc1OC. The minimum Gasteiger partial charge on any atom is -0.493 e. The zero-order chi connectivity index (χ0) is 17.5. The summed E-state index contributed by atoms with van der Waals surface area (Å²) in [6.07, 6.45) is 1.65. The number of carbonyl (C=O) groups excluding carboxylic acids is 1. The molecule has 0 aliphatic carbocycles. The third-order valence-corrected chi connectivity index (χ3v) is 3.36. The van der Waals surface area contributed by atoms with E-state index < -0.39 is 0 Å². The van der Waals surface area contributed by atoms with Crippen molar-refractivity contribution in [1.82, 2.24) is 10.3 Å². The van der Waals surface area contributed by atoms with Crippen LogP contribution in [0.2, 0.25) is 0 Å². The average molecular weight is 329 g/mol. The number of ether oxygens (including phenoxy) is 2. The van der Waals surface area contributed by atoms with E-state index in [1.54, 1.807) is 26.5 Å². The summed E-state index contributed by atoms with van der Waals surface area (Å²) in [5.74, 6) is 1.22. The lowest BCUT2D eigenvalue weighted by Gasteiger charge is -2.11. The maximum Gasteiger partial charge on any atom is 0.270 e. The lowest BCUT2D eigenvalue weighted by atomic mass is 10.2. The van der Waals surface area contributed by atoms with E-state index in [0.717, 1.165) is 11.3 Å². The van der Waals surface area contributed by atoms with Gasteiger partial charge in [0, 0.05) is 12.6 Å². The average Bonchev–Trinajstić information content (AvgIpc) is 2.59. The molecule has 2 N–H and O–H groups in total. The highest BCUT2D eigenvalue weighted by atomic mass is 16.5. The maximum atomic E-state index is 11.9. The van der Waals surface area contributed by atoms with Crippen LogP contribution in [0.5, 0.6) is 11.5 Å². The first-order chi connectivity index (χ1) is 11.5. The lowest BCUT2D eigenvalue weighted by molar-refractivity contribution is 0.0938. The molecule has 0 radical (unpaired) electrons. The van der Waals surface area contributed by atoms with Crippen molar-refractivity contribution >= 4 is 11.6 Å². The first-order valence-corrected chi connectivity index (χ1v) is 7.75. The number of anilines is 1. The van der Waals surface area contributed by atoms with Gasteiger partial charge >= 0.3 is 0 Å². The molecule has 0 aliphatic rings. The molecule has 0 spiro atoms. The lowest BCUT2D eigenvalue weighted by Crippen LogP contribution is -2.30. The standard InChI is InChI=1S/C18H23N3O3/c1-12(2)21-18(22)15-7-6-14(11-20-15)19-10-13-5-8-16(23-3)17(9-13)24-4/h5-9,11-12,19H,10H2,1-4H3,(H,21,22). The summed E-state index contributed by atoms with van der Waals surface area (Å²) in [4.78, 5) is 16.0. The van der Waals surface area contributed by atoms with Crippen LogP contribution >= 0.6 is 0 Å². The van der Waals surface area contributed by atoms with Crippen LogP contribution in [0.25, 0.3) is 0 Å². The molecule has 1 aromatic carbocycles. The van der Waals surface area contributed by atoms with E-state index in [1.165, 1.54) is 0 Å². The fourth-order valence-electron chi connectivity index (χ4n) is 2.16. The number of rotatable bonds is 7. The number of hydrogen-bond acceptors (Lipinski definition) is 5. The van der Waals surface area contributed by atoms with Crippen molar-refractivity contribution in [1.29, 1.82) is 0 Å². The van der Waals surface area contributed by atoms with E-state index in [0.29, 0.717) is 23.7 Å². The Bertz CT molecular complexity index is 684. The topological polar surface area (TPSA) is 72.5 Å². The zero-order valence-electron chi connectivity index (χ0n) is 14.4. The van der Waals surface area contributed by atoms with Crippen LogP contribution in [0.15, 0.2) is 36.5 Å². The van der Waals surface area contributed by atoms with Gasteiger partial charge in [-0.05, 0) is 43.7 Å². The van der Waals surface area contributed by atoms with E-state index in [4.69, 9.17) is 9.47 Å². The normalized spacial score (nSPS) is 10.4. The Balaban J connectivity index is 1.98. The van der Waals surface area contributed by atoms with Crippen molar-refractivity contribution in [2.24, 2.45) is 0 Å². The van der Waals surface area contributed by atoms with Gasteiger partial charge in [0.25, 0.3) is 5.91 Å². The highest BCUT2D eigenvalue weighted by Crippen LogP contribution is 2.27. The van der Waals surface area contributed by atoms with Crippen LogP contribution in [0.4, 0.5) is 5.69 Å². The molecule has 0 aliphatic heterocycles. The highest BCUT2D eigenvalue weighted by Gasteiger charge is 2.08. The van der Waals surface area contributed by atoms with Crippen molar-refractivity contribution in [3.63, 3.8) is 0 Å². The molecule has 0 unspecified atom stereocenters. The summed E-state index contributed by atoms with van der Waals surface area (Å²) in [5, 5.41) is 6.08. The number of amides is 1. The summed E-state index contributed by atoms with van der Waals surface area (Å²) < 4.78 is 10.5. The Kier molecular flexibility index (Phi) is 6.01. The number of carbonyl (C=O) groups is 1. The molecule has 1 aromatic heterocycles. The summed E-state index contributed by atoms with van der Waals surface area (Å²) in [5.41, 5.74) is 2.29. The van der Waals surface area contributed by atoms with Crippen LogP contribution in [0.3, 0.4) is 0 Å². The number of hydrogen-bond donors (Lipinski definition) is 2. The minimum absolute atomic E-state index is 0.0853. The number of benzene rings is 1. The Hall–Kier alpha value is -2.76. The summed E-state index contributed by atoms with van der Waals surface area (Å²) in [6.45, 7) is 4.44. The maximum absolute atomic E-state index is 11.9. The molecular weight excluding hydrogens is 306 g/mol. The number of methoxy groups -OCH3 is 2. The molecule has 1 heterocycles. The van der Waals surface area contributed by atoms with E-state index in [-0.39, 0.29) is 11.9 Å². The van der Waals surface area contributed by atoms with Crippen LogP contribution in [-0.2, 0) is 6.54 Å². The molecule has 128 valence electrons. The predicted octanol–water partition coefficient (Wildman–Crippen LogP) is 2.85. The van der Waals surface area contributed by atoms with Gasteiger partial charge in [0.2, 0.25) is 0 Å². The summed E-state index contributed by atoms with van der Waals surface area (Å²) in [7, 11) is 3.22. The van der Waals surface area contributed by atoms with Gasteiger partial charge in [-0.2, -0.15) is 0 Å². The molecule has 2 rings (SSSR count). The Morgan fingerprint density at radius 2 is 1.88 bits per heavy atom. The molecular formula is C18H23N3O3. The molecule has 1 amide bonds. The monoisotopic (exact) mass is 329 g/mol. The molecule has 0 fully saturated rings.